The van der Waals surface area contributed by atoms with Gasteiger partial charge in [-0.25, -0.2) is 9.59 Å². The van der Waals surface area contributed by atoms with Crippen LogP contribution in [0.2, 0.25) is 0 Å². The van der Waals surface area contributed by atoms with Crippen molar-refractivity contribution in [3.63, 3.8) is 0 Å². The van der Waals surface area contributed by atoms with Gasteiger partial charge in [-0.2, -0.15) is 0 Å². The van der Waals surface area contributed by atoms with Crippen molar-refractivity contribution in [1.29, 1.82) is 0 Å². The Balaban J connectivity index is 2.27. The lowest BCUT2D eigenvalue weighted by Gasteiger charge is -2.35. The lowest BCUT2D eigenvalue weighted by molar-refractivity contribution is -0.142. The molecule has 0 fully saturated rings. The Morgan fingerprint density at radius 3 is 2.61 bits per heavy atom. The quantitative estimate of drug-likeness (QED) is 0.586. The third-order valence-electron chi connectivity index (χ3n) is 4.86. The summed E-state index contributed by atoms with van der Waals surface area (Å²) in [5.74, 6) is -2.40. The van der Waals surface area contributed by atoms with Gasteiger partial charge in [-0.15, -0.1) is 0 Å². The van der Waals surface area contributed by atoms with Crippen LogP contribution in [-0.2, 0) is 34.0 Å². The first-order valence-corrected chi connectivity index (χ1v) is 8.95. The van der Waals surface area contributed by atoms with Crippen LogP contribution in [0.25, 0.3) is 0 Å². The number of carbonyl (C=O) groups excluding carboxylic acids is 3. The van der Waals surface area contributed by atoms with Crippen LogP contribution in [0.4, 0.5) is 5.69 Å². The van der Waals surface area contributed by atoms with Crippen molar-refractivity contribution in [1.82, 2.24) is 0 Å². The summed E-state index contributed by atoms with van der Waals surface area (Å²) in [5, 5.41) is 2.73. The first-order valence-electron chi connectivity index (χ1n) is 8.95. The summed E-state index contributed by atoms with van der Waals surface area (Å²) in [5.41, 5.74) is 4.79. The first kappa shape index (κ1) is 19.5. The summed E-state index contributed by atoms with van der Waals surface area (Å²) in [4.78, 5) is 38.9. The molecule has 3 rings (SSSR count). The fourth-order valence-corrected chi connectivity index (χ4v) is 3.63. The van der Waals surface area contributed by atoms with Crippen LogP contribution >= 0.6 is 0 Å². The summed E-state index contributed by atoms with van der Waals surface area (Å²) >= 11 is 0. The number of esters is 2. The lowest BCUT2D eigenvalue weighted by Crippen LogP contribution is -2.48. The van der Waals surface area contributed by atoms with Crippen molar-refractivity contribution in [2.24, 2.45) is 5.73 Å². The Morgan fingerprint density at radius 2 is 1.93 bits per heavy atom. The first-order chi connectivity index (χ1) is 13.4. The molecular formula is C20H22N2O6. The Bertz CT molecular complexity index is 917. The number of hydrogen-bond donors (Lipinski definition) is 2. The van der Waals surface area contributed by atoms with Gasteiger partial charge in [0.05, 0.1) is 13.7 Å². The van der Waals surface area contributed by atoms with E-state index in [2.05, 4.69) is 5.32 Å². The molecule has 28 heavy (non-hydrogen) atoms. The SMILES string of the molecule is CCCCOC(=O)C1=C(N)OC(C)=C(C(=O)OC)[C@@]12C(=O)Nc1ccccc12. The van der Waals surface area contributed by atoms with Crippen molar-refractivity contribution in [3.05, 3.63) is 52.6 Å². The number of fused-ring (bicyclic) bond motifs is 2. The van der Waals surface area contributed by atoms with Gasteiger partial charge in [-0.1, -0.05) is 31.5 Å². The topological polar surface area (TPSA) is 117 Å². The molecule has 1 aromatic rings. The molecule has 0 saturated heterocycles. The van der Waals surface area contributed by atoms with E-state index in [0.29, 0.717) is 17.7 Å². The van der Waals surface area contributed by atoms with Gasteiger partial charge >= 0.3 is 11.9 Å². The molecule has 8 nitrogen and oxygen atoms in total. The number of nitrogens with one attached hydrogen (secondary N) is 1. The standard InChI is InChI=1S/C20H22N2O6/c1-4-5-10-27-18(24)15-16(21)28-11(2)14(17(23)26-3)20(15)12-8-6-7-9-13(12)22-19(20)25/h6-9H,4-5,10,21H2,1-3H3,(H,22,25)/t20-/m1/s1. The van der Waals surface area contributed by atoms with Gasteiger partial charge in [0, 0.05) is 11.3 Å². The van der Waals surface area contributed by atoms with E-state index in [1.165, 1.54) is 14.0 Å². The number of benzene rings is 1. The second-order valence-electron chi connectivity index (χ2n) is 6.50. The van der Waals surface area contributed by atoms with E-state index in [1.807, 2.05) is 6.92 Å². The van der Waals surface area contributed by atoms with E-state index in [1.54, 1.807) is 24.3 Å². The van der Waals surface area contributed by atoms with Gasteiger partial charge in [0.15, 0.2) is 0 Å². The fraction of sp³-hybridized carbons (Fsp3) is 0.350. The van der Waals surface area contributed by atoms with Gasteiger partial charge in [-0.3, -0.25) is 4.79 Å². The van der Waals surface area contributed by atoms with E-state index in [4.69, 9.17) is 19.9 Å². The van der Waals surface area contributed by atoms with Crippen LogP contribution < -0.4 is 11.1 Å². The molecule has 8 heteroatoms. The maximum Gasteiger partial charge on any atom is 0.341 e. The minimum absolute atomic E-state index is 0.0845. The number of carbonyl (C=O) groups is 3. The number of para-hydroxylation sites is 1. The van der Waals surface area contributed by atoms with Gasteiger partial charge in [0.1, 0.15) is 22.3 Å². The van der Waals surface area contributed by atoms with Crippen molar-refractivity contribution in [3.8, 4) is 0 Å². The molecule has 0 bridgehead atoms. The highest BCUT2D eigenvalue weighted by molar-refractivity contribution is 6.21. The second kappa shape index (κ2) is 7.38. The molecule has 1 spiro atoms. The van der Waals surface area contributed by atoms with Crippen LogP contribution in [0.5, 0.6) is 0 Å². The lowest BCUT2D eigenvalue weighted by atomic mass is 9.67. The molecule has 148 valence electrons. The maximum absolute atomic E-state index is 13.3. The molecule has 1 aromatic carbocycles. The van der Waals surface area contributed by atoms with Crippen molar-refractivity contribution >= 4 is 23.5 Å². The minimum atomic E-state index is -1.81. The Labute approximate surface area is 162 Å². The molecule has 0 aromatic heterocycles. The number of unbranched alkanes of at least 4 members (excludes halogenated alkanes) is 1. The third kappa shape index (κ3) is 2.72. The molecule has 0 saturated carbocycles. The summed E-state index contributed by atoms with van der Waals surface area (Å²) in [6.45, 7) is 3.60. The van der Waals surface area contributed by atoms with Crippen molar-refractivity contribution < 1.29 is 28.6 Å². The molecule has 2 aliphatic rings. The summed E-state index contributed by atoms with van der Waals surface area (Å²) in [6, 6.07) is 6.77. The van der Waals surface area contributed by atoms with Gasteiger partial charge < -0.3 is 25.3 Å². The fourth-order valence-electron chi connectivity index (χ4n) is 3.63. The number of allylic oxidation sites excluding steroid dienone is 1. The van der Waals surface area contributed by atoms with Crippen LogP contribution in [0.15, 0.2) is 47.1 Å². The smallest absolute Gasteiger partial charge is 0.341 e. The summed E-state index contributed by atoms with van der Waals surface area (Å²) < 4.78 is 15.7. The van der Waals surface area contributed by atoms with Crippen LogP contribution in [0.3, 0.4) is 0 Å². The van der Waals surface area contributed by atoms with Crippen LogP contribution in [-0.4, -0.2) is 31.6 Å². The van der Waals surface area contributed by atoms with E-state index >= 15 is 0 Å². The zero-order valence-electron chi connectivity index (χ0n) is 16.0. The highest BCUT2D eigenvalue weighted by Gasteiger charge is 2.61. The highest BCUT2D eigenvalue weighted by Crippen LogP contribution is 2.52. The number of methoxy groups -OCH3 is 1. The van der Waals surface area contributed by atoms with Crippen LogP contribution in [0, 0.1) is 0 Å². The van der Waals surface area contributed by atoms with E-state index < -0.39 is 23.3 Å². The molecule has 1 amide bonds. The Morgan fingerprint density at radius 1 is 1.21 bits per heavy atom. The predicted octanol–water partition coefficient (Wildman–Crippen LogP) is 1.87. The average Bonchev–Trinajstić information content (AvgIpc) is 2.94. The minimum Gasteiger partial charge on any atom is -0.466 e. The molecule has 1 atom stereocenters. The zero-order valence-corrected chi connectivity index (χ0v) is 16.0. The number of ether oxygens (including phenoxy) is 3. The van der Waals surface area contributed by atoms with Crippen molar-refractivity contribution in [2.75, 3.05) is 19.0 Å². The normalized spacial score (nSPS) is 20.6. The monoisotopic (exact) mass is 386 g/mol. The van der Waals surface area contributed by atoms with E-state index in [0.717, 1.165) is 6.42 Å². The third-order valence-corrected chi connectivity index (χ3v) is 4.86. The van der Waals surface area contributed by atoms with Crippen LogP contribution in [0.1, 0.15) is 32.3 Å². The highest BCUT2D eigenvalue weighted by atomic mass is 16.5. The summed E-state index contributed by atoms with van der Waals surface area (Å²) in [6.07, 6.45) is 1.47. The number of nitrogens with two attached hydrogens (primary N) is 1. The largest absolute Gasteiger partial charge is 0.466 e. The van der Waals surface area contributed by atoms with E-state index in [-0.39, 0.29) is 29.4 Å². The van der Waals surface area contributed by atoms with Gasteiger partial charge in [-0.05, 0) is 19.4 Å². The zero-order chi connectivity index (χ0) is 20.5. The molecule has 2 heterocycles. The van der Waals surface area contributed by atoms with Gasteiger partial charge in [0.2, 0.25) is 11.8 Å². The predicted molar refractivity (Wildman–Crippen MR) is 99.6 cm³/mol. The van der Waals surface area contributed by atoms with Gasteiger partial charge in [0.25, 0.3) is 0 Å². The number of anilines is 1. The second-order valence-corrected chi connectivity index (χ2v) is 6.50. The number of amides is 1. The molecule has 2 aliphatic heterocycles. The number of rotatable bonds is 5. The summed E-state index contributed by atoms with van der Waals surface area (Å²) in [7, 11) is 1.19. The average molecular weight is 386 g/mol. The molecule has 0 aliphatic carbocycles. The maximum atomic E-state index is 13.3. The number of hydrogen-bond acceptors (Lipinski definition) is 7. The van der Waals surface area contributed by atoms with E-state index in [9.17, 15) is 14.4 Å². The molecule has 3 N–H and O–H groups in total. The van der Waals surface area contributed by atoms with Crippen molar-refractivity contribution in [2.45, 2.75) is 32.1 Å². The Hall–Kier alpha value is -3.29. The Kier molecular flexibility index (Phi) is 5.13. The molecular weight excluding hydrogens is 364 g/mol. The molecule has 0 radical (unpaired) electrons. The molecule has 0 unspecified atom stereocenters.